The second kappa shape index (κ2) is 12.5. The van der Waals surface area contributed by atoms with E-state index in [4.69, 9.17) is 5.11 Å². The van der Waals surface area contributed by atoms with E-state index in [1.165, 1.54) is 16.9 Å². The number of aliphatic hydroxyl groups excluding tert-OH is 4. The smallest absolute Gasteiger partial charge is 0.109 e. The van der Waals surface area contributed by atoms with Gasteiger partial charge in [0.2, 0.25) is 0 Å². The number of nitrogens with one attached hydrogen (secondary N) is 2. The molecule has 3 rings (SSSR count). The summed E-state index contributed by atoms with van der Waals surface area (Å²) in [5.41, 5.74) is 3.84. The van der Waals surface area contributed by atoms with Gasteiger partial charge in [0, 0.05) is 18.6 Å². The Hall–Kier alpha value is -1.38. The van der Waals surface area contributed by atoms with Crippen LogP contribution in [0.5, 0.6) is 0 Å². The van der Waals surface area contributed by atoms with Gasteiger partial charge in [-0.15, -0.1) is 0 Å². The molecule has 34 heavy (non-hydrogen) atoms. The first kappa shape index (κ1) is 28.9. The molecule has 0 spiro atoms. The van der Waals surface area contributed by atoms with E-state index in [2.05, 4.69) is 68.4 Å². The van der Waals surface area contributed by atoms with Crippen LogP contribution in [0.2, 0.25) is 0 Å². The number of rotatable bonds is 10. The Bertz CT molecular complexity index is 746. The Morgan fingerprint density at radius 2 is 1.59 bits per heavy atom. The largest absolute Gasteiger partial charge is 0.394 e. The van der Waals surface area contributed by atoms with E-state index in [1.54, 1.807) is 0 Å². The third-order valence-corrected chi connectivity index (χ3v) is 7.13. The summed E-state index contributed by atoms with van der Waals surface area (Å²) < 4.78 is 0. The van der Waals surface area contributed by atoms with Crippen LogP contribution in [-0.4, -0.2) is 75.0 Å². The average Bonchev–Trinajstić information content (AvgIpc) is 3.18. The minimum absolute atomic E-state index is 0.137. The molecule has 1 saturated carbocycles. The molecule has 7 nitrogen and oxygen atoms in total. The topological polar surface area (TPSA) is 108 Å². The molecule has 7 heteroatoms. The van der Waals surface area contributed by atoms with Gasteiger partial charge in [-0.3, -0.25) is 4.90 Å². The maximum atomic E-state index is 10.3. The molecule has 1 aliphatic carbocycles. The van der Waals surface area contributed by atoms with Crippen molar-refractivity contribution in [3.05, 3.63) is 23.8 Å². The van der Waals surface area contributed by atoms with Crippen molar-refractivity contribution in [3.63, 3.8) is 0 Å². The molecule has 0 saturated heterocycles. The highest BCUT2D eigenvalue weighted by atomic mass is 16.4. The van der Waals surface area contributed by atoms with Gasteiger partial charge in [0.15, 0.2) is 0 Å². The lowest BCUT2D eigenvalue weighted by atomic mass is 9.76. The van der Waals surface area contributed by atoms with Crippen molar-refractivity contribution in [2.24, 2.45) is 5.92 Å². The molecule has 4 unspecified atom stereocenters. The Balaban J connectivity index is 0.00000199. The SMILES string of the molecule is CC.CC(C)N(CC(O)C(O)C(O)CO)C1CC(CCC2Nc3ccc(C(C)(C)C)cc3N2)C1. The summed E-state index contributed by atoms with van der Waals surface area (Å²) >= 11 is 0. The second-order valence-corrected chi connectivity index (χ2v) is 11.0. The predicted molar refractivity (Wildman–Crippen MR) is 140 cm³/mol. The van der Waals surface area contributed by atoms with E-state index in [1.807, 2.05) is 13.8 Å². The van der Waals surface area contributed by atoms with Crippen LogP contribution in [-0.2, 0) is 5.41 Å². The molecule has 6 N–H and O–H groups in total. The maximum absolute atomic E-state index is 10.3. The normalized spacial score (nSPS) is 24.3. The first-order valence-corrected chi connectivity index (χ1v) is 13.1. The van der Waals surface area contributed by atoms with Crippen molar-refractivity contribution >= 4 is 11.4 Å². The summed E-state index contributed by atoms with van der Waals surface area (Å²) in [6.07, 6.45) is 0.888. The van der Waals surface area contributed by atoms with Crippen LogP contribution in [0.3, 0.4) is 0 Å². The molecule has 1 aliphatic heterocycles. The van der Waals surface area contributed by atoms with Gasteiger partial charge in [-0.25, -0.2) is 0 Å². The second-order valence-electron chi connectivity index (χ2n) is 11.0. The molecule has 0 radical (unpaired) electrons. The van der Waals surface area contributed by atoms with Crippen molar-refractivity contribution in [1.82, 2.24) is 4.90 Å². The molecule has 2 aliphatic rings. The molecule has 1 aromatic carbocycles. The summed E-state index contributed by atoms with van der Waals surface area (Å²) in [7, 11) is 0. The molecule has 1 aromatic rings. The summed E-state index contributed by atoms with van der Waals surface area (Å²) in [4.78, 5) is 2.21. The zero-order valence-electron chi connectivity index (χ0n) is 22.3. The van der Waals surface area contributed by atoms with E-state index in [0.717, 1.165) is 25.7 Å². The van der Waals surface area contributed by atoms with E-state index in [-0.39, 0.29) is 17.6 Å². The first-order chi connectivity index (χ1) is 16.0. The van der Waals surface area contributed by atoms with Gasteiger partial charge >= 0.3 is 0 Å². The fraction of sp³-hybridized carbons (Fsp3) is 0.778. The summed E-state index contributed by atoms with van der Waals surface area (Å²) in [6.45, 7) is 14.6. The zero-order chi connectivity index (χ0) is 25.6. The predicted octanol–water partition coefficient (Wildman–Crippen LogP) is 3.52. The molecular formula is C27H49N3O4. The van der Waals surface area contributed by atoms with Gasteiger partial charge in [0.05, 0.1) is 30.3 Å². The molecule has 4 atom stereocenters. The highest BCUT2D eigenvalue weighted by Gasteiger charge is 2.37. The minimum Gasteiger partial charge on any atom is -0.394 e. The first-order valence-electron chi connectivity index (χ1n) is 13.1. The zero-order valence-corrected chi connectivity index (χ0v) is 22.3. The minimum atomic E-state index is -1.34. The van der Waals surface area contributed by atoms with Crippen molar-refractivity contribution in [2.75, 3.05) is 23.8 Å². The summed E-state index contributed by atoms with van der Waals surface area (Å²) in [5, 5.41) is 46.1. The average molecular weight is 480 g/mol. The third kappa shape index (κ3) is 7.31. The number of aliphatic hydroxyl groups is 4. The summed E-state index contributed by atoms with van der Waals surface area (Å²) in [5.74, 6) is 0.656. The van der Waals surface area contributed by atoms with Gasteiger partial charge in [-0.2, -0.15) is 0 Å². The van der Waals surface area contributed by atoms with Crippen LogP contribution in [0.4, 0.5) is 11.4 Å². The molecule has 0 amide bonds. The van der Waals surface area contributed by atoms with Crippen molar-refractivity contribution in [1.29, 1.82) is 0 Å². The van der Waals surface area contributed by atoms with Crippen LogP contribution in [0, 0.1) is 5.92 Å². The lowest BCUT2D eigenvalue weighted by molar-refractivity contribution is -0.0951. The number of hydrogen-bond acceptors (Lipinski definition) is 7. The number of benzene rings is 1. The Morgan fingerprint density at radius 3 is 2.15 bits per heavy atom. The van der Waals surface area contributed by atoms with Crippen molar-refractivity contribution in [2.45, 2.75) is 116 Å². The summed E-state index contributed by atoms with van der Waals surface area (Å²) in [6, 6.07) is 7.26. The van der Waals surface area contributed by atoms with E-state index in [0.29, 0.717) is 18.5 Å². The highest BCUT2D eigenvalue weighted by Crippen LogP contribution is 2.39. The van der Waals surface area contributed by atoms with Crippen LogP contribution in [0.15, 0.2) is 18.2 Å². The maximum Gasteiger partial charge on any atom is 0.109 e. The fourth-order valence-electron chi connectivity index (χ4n) is 4.89. The number of nitrogens with zero attached hydrogens (tertiary/aromatic N) is 1. The van der Waals surface area contributed by atoms with Crippen LogP contribution < -0.4 is 10.6 Å². The van der Waals surface area contributed by atoms with Crippen LogP contribution >= 0.6 is 0 Å². The lowest BCUT2D eigenvalue weighted by Crippen LogP contribution is -2.54. The highest BCUT2D eigenvalue weighted by molar-refractivity contribution is 5.75. The molecule has 0 bridgehead atoms. The Kier molecular flexibility index (Phi) is 10.6. The van der Waals surface area contributed by atoms with Gasteiger partial charge in [0.25, 0.3) is 0 Å². The van der Waals surface area contributed by atoms with Crippen molar-refractivity contribution < 1.29 is 20.4 Å². The van der Waals surface area contributed by atoms with Gasteiger partial charge in [-0.1, -0.05) is 40.7 Å². The standard InChI is InChI=1S/C25H43N3O4.C2H6/c1-15(2)28(13-21(30)24(32)22(31)14-29)18-10-16(11-18)6-9-23-26-19-8-7-17(25(3,4)5)12-20(19)27-23;1-2/h7-8,12,15-16,18,21-24,26-27,29-32H,6,9-11,13-14H2,1-5H3;1-2H3. The molecule has 1 fully saturated rings. The van der Waals surface area contributed by atoms with Gasteiger partial charge in [0.1, 0.15) is 12.2 Å². The van der Waals surface area contributed by atoms with E-state index < -0.39 is 24.9 Å². The number of hydrogen-bond donors (Lipinski definition) is 6. The number of fused-ring (bicyclic) bond motifs is 1. The number of anilines is 2. The van der Waals surface area contributed by atoms with Crippen LogP contribution in [0.25, 0.3) is 0 Å². The molecule has 196 valence electrons. The van der Waals surface area contributed by atoms with E-state index >= 15 is 0 Å². The quantitative estimate of drug-likeness (QED) is 0.305. The Morgan fingerprint density at radius 1 is 0.971 bits per heavy atom. The van der Waals surface area contributed by atoms with Gasteiger partial charge < -0.3 is 31.1 Å². The molecule has 0 aromatic heterocycles. The third-order valence-electron chi connectivity index (χ3n) is 7.13. The van der Waals surface area contributed by atoms with Crippen molar-refractivity contribution in [3.8, 4) is 0 Å². The Labute approximate surface area is 206 Å². The lowest BCUT2D eigenvalue weighted by Gasteiger charge is -2.46. The molecular weight excluding hydrogens is 430 g/mol. The monoisotopic (exact) mass is 479 g/mol. The fourth-order valence-corrected chi connectivity index (χ4v) is 4.89. The van der Waals surface area contributed by atoms with E-state index in [9.17, 15) is 15.3 Å². The van der Waals surface area contributed by atoms with Gasteiger partial charge in [-0.05, 0) is 68.6 Å². The van der Waals surface area contributed by atoms with Crippen LogP contribution in [0.1, 0.15) is 79.7 Å². The molecule has 1 heterocycles.